The number of carboxylic acids is 1. The van der Waals surface area contributed by atoms with Gasteiger partial charge >= 0.3 is 5.97 Å². The Kier molecular flexibility index (Phi) is 7.70. The summed E-state index contributed by atoms with van der Waals surface area (Å²) in [5.41, 5.74) is 0. The first-order valence-corrected chi connectivity index (χ1v) is 8.92. The molecule has 1 fully saturated rings. The molecule has 0 radical (unpaired) electrons. The summed E-state index contributed by atoms with van der Waals surface area (Å²) < 4.78 is 0. The zero-order valence-corrected chi connectivity index (χ0v) is 15.5. The van der Waals surface area contributed by atoms with Crippen molar-refractivity contribution in [2.75, 3.05) is 14.1 Å². The fourth-order valence-corrected chi connectivity index (χ4v) is 3.92. The molecule has 24 heavy (non-hydrogen) atoms. The van der Waals surface area contributed by atoms with E-state index in [0.717, 1.165) is 19.3 Å². The molecule has 0 spiro atoms. The van der Waals surface area contributed by atoms with E-state index in [4.69, 9.17) is 0 Å². The highest BCUT2D eigenvalue weighted by Crippen LogP contribution is 2.41. The Bertz CT molecular complexity index is 460. The summed E-state index contributed by atoms with van der Waals surface area (Å²) in [7, 11) is 3.39. The number of aliphatic carboxylic acids is 1. The van der Waals surface area contributed by atoms with Gasteiger partial charge in [0.25, 0.3) is 0 Å². The lowest BCUT2D eigenvalue weighted by Crippen LogP contribution is -2.45. The fourth-order valence-electron chi connectivity index (χ4n) is 3.92. The van der Waals surface area contributed by atoms with Crippen molar-refractivity contribution in [3.05, 3.63) is 0 Å². The number of carboxylic acid groups (broad SMARTS) is 1. The maximum atomic E-state index is 12.6. The van der Waals surface area contributed by atoms with Crippen LogP contribution in [0.15, 0.2) is 0 Å². The normalized spacial score (nSPS) is 24.7. The largest absolute Gasteiger partial charge is 0.481 e. The maximum absolute atomic E-state index is 12.6. The standard InChI is InChI=1S/C18H32N2O4/c1-6-12(7-2)8-16(19-11(3)21)14-9-13(18(23)24)10-15(14)17(22)20(4)5/h12-16H,6-10H2,1-5H3,(H,19,21)(H,23,24)/t13?,14?,15?,16-/m0/s1. The van der Waals surface area contributed by atoms with Gasteiger partial charge in [0.15, 0.2) is 0 Å². The van der Waals surface area contributed by atoms with E-state index in [-0.39, 0.29) is 29.7 Å². The van der Waals surface area contributed by atoms with Gasteiger partial charge in [0.2, 0.25) is 11.8 Å². The van der Waals surface area contributed by atoms with E-state index >= 15 is 0 Å². The molecule has 3 unspecified atom stereocenters. The number of rotatable bonds is 8. The number of amides is 2. The zero-order valence-electron chi connectivity index (χ0n) is 15.5. The topological polar surface area (TPSA) is 86.7 Å². The minimum atomic E-state index is -0.849. The molecule has 0 aromatic heterocycles. The van der Waals surface area contributed by atoms with Crippen LogP contribution < -0.4 is 5.32 Å². The molecule has 1 saturated carbocycles. The van der Waals surface area contributed by atoms with E-state index in [1.54, 1.807) is 14.1 Å². The van der Waals surface area contributed by atoms with Gasteiger partial charge in [-0.25, -0.2) is 0 Å². The van der Waals surface area contributed by atoms with Crippen LogP contribution in [0, 0.1) is 23.7 Å². The molecular formula is C18H32N2O4. The summed E-state index contributed by atoms with van der Waals surface area (Å²) in [6, 6.07) is -0.148. The lowest BCUT2D eigenvalue weighted by molar-refractivity contribution is -0.141. The van der Waals surface area contributed by atoms with Gasteiger partial charge in [-0.3, -0.25) is 14.4 Å². The molecule has 6 heteroatoms. The summed E-state index contributed by atoms with van der Waals surface area (Å²) >= 11 is 0. The number of carbonyl (C=O) groups excluding carboxylic acids is 2. The van der Waals surface area contributed by atoms with Crippen LogP contribution in [0.4, 0.5) is 0 Å². The van der Waals surface area contributed by atoms with Crippen molar-refractivity contribution in [3.8, 4) is 0 Å². The third kappa shape index (κ3) is 5.21. The second kappa shape index (κ2) is 9.04. The second-order valence-corrected chi connectivity index (χ2v) is 7.23. The quantitative estimate of drug-likeness (QED) is 0.709. The van der Waals surface area contributed by atoms with Crippen LogP contribution in [0.5, 0.6) is 0 Å². The van der Waals surface area contributed by atoms with Gasteiger partial charge in [0.1, 0.15) is 0 Å². The highest BCUT2D eigenvalue weighted by molar-refractivity contribution is 5.81. The molecule has 0 aliphatic heterocycles. The molecular weight excluding hydrogens is 308 g/mol. The van der Waals surface area contributed by atoms with Crippen LogP contribution in [-0.2, 0) is 14.4 Å². The van der Waals surface area contributed by atoms with E-state index in [9.17, 15) is 19.5 Å². The van der Waals surface area contributed by atoms with E-state index < -0.39 is 11.9 Å². The molecule has 6 nitrogen and oxygen atoms in total. The van der Waals surface area contributed by atoms with Crippen molar-refractivity contribution in [2.45, 2.75) is 58.9 Å². The Morgan fingerprint density at radius 1 is 1.17 bits per heavy atom. The van der Waals surface area contributed by atoms with Crippen molar-refractivity contribution in [2.24, 2.45) is 23.7 Å². The van der Waals surface area contributed by atoms with Crippen LogP contribution in [0.25, 0.3) is 0 Å². The molecule has 0 bridgehead atoms. The van der Waals surface area contributed by atoms with E-state index in [1.165, 1.54) is 11.8 Å². The van der Waals surface area contributed by atoms with E-state index in [1.807, 2.05) is 0 Å². The average Bonchev–Trinajstić information content (AvgIpc) is 2.95. The number of hydrogen-bond acceptors (Lipinski definition) is 3. The summed E-state index contributed by atoms with van der Waals surface area (Å²) in [5, 5.41) is 12.4. The number of carbonyl (C=O) groups is 3. The average molecular weight is 340 g/mol. The molecule has 138 valence electrons. The summed E-state index contributed by atoms with van der Waals surface area (Å²) in [4.78, 5) is 37.2. The Hall–Kier alpha value is -1.59. The SMILES string of the molecule is CCC(CC)C[C@H](NC(C)=O)C1CC(C(=O)O)CC1C(=O)N(C)C. The molecule has 0 aromatic rings. The lowest BCUT2D eigenvalue weighted by atomic mass is 9.81. The maximum Gasteiger partial charge on any atom is 0.306 e. The first kappa shape index (κ1) is 20.5. The van der Waals surface area contributed by atoms with Gasteiger partial charge < -0.3 is 15.3 Å². The molecule has 1 aliphatic rings. The summed E-state index contributed by atoms with van der Waals surface area (Å²) in [6.07, 6.45) is 3.61. The minimum Gasteiger partial charge on any atom is -0.481 e. The molecule has 0 aromatic carbocycles. The Morgan fingerprint density at radius 3 is 2.17 bits per heavy atom. The predicted octanol–water partition coefficient (Wildman–Crippen LogP) is 2.13. The third-order valence-corrected chi connectivity index (χ3v) is 5.37. The second-order valence-electron chi connectivity index (χ2n) is 7.23. The smallest absolute Gasteiger partial charge is 0.306 e. The van der Waals surface area contributed by atoms with Crippen molar-refractivity contribution >= 4 is 17.8 Å². The number of hydrogen-bond donors (Lipinski definition) is 2. The Morgan fingerprint density at radius 2 is 1.75 bits per heavy atom. The van der Waals surface area contributed by atoms with Gasteiger partial charge in [-0.1, -0.05) is 26.7 Å². The van der Waals surface area contributed by atoms with Crippen LogP contribution in [0.1, 0.15) is 52.9 Å². The zero-order chi connectivity index (χ0) is 18.4. The van der Waals surface area contributed by atoms with Gasteiger partial charge in [-0.2, -0.15) is 0 Å². The van der Waals surface area contributed by atoms with Gasteiger partial charge in [0.05, 0.1) is 5.92 Å². The predicted molar refractivity (Wildman–Crippen MR) is 92.3 cm³/mol. The van der Waals surface area contributed by atoms with E-state index in [2.05, 4.69) is 19.2 Å². The number of nitrogens with zero attached hydrogens (tertiary/aromatic N) is 1. The Balaban J connectivity index is 3.06. The highest BCUT2D eigenvalue weighted by atomic mass is 16.4. The van der Waals surface area contributed by atoms with E-state index in [0.29, 0.717) is 18.8 Å². The van der Waals surface area contributed by atoms with Crippen LogP contribution in [-0.4, -0.2) is 47.9 Å². The molecule has 1 aliphatic carbocycles. The van der Waals surface area contributed by atoms with Crippen LogP contribution >= 0.6 is 0 Å². The van der Waals surface area contributed by atoms with Gasteiger partial charge in [-0.05, 0) is 31.1 Å². The highest BCUT2D eigenvalue weighted by Gasteiger charge is 2.46. The minimum absolute atomic E-state index is 0.0383. The number of nitrogens with one attached hydrogen (secondary N) is 1. The molecule has 0 saturated heterocycles. The van der Waals surface area contributed by atoms with Crippen molar-refractivity contribution in [1.82, 2.24) is 10.2 Å². The van der Waals surface area contributed by atoms with Crippen molar-refractivity contribution < 1.29 is 19.5 Å². The molecule has 0 heterocycles. The summed E-state index contributed by atoms with van der Waals surface area (Å²) in [5.74, 6) is -1.52. The summed E-state index contributed by atoms with van der Waals surface area (Å²) in [6.45, 7) is 5.72. The van der Waals surface area contributed by atoms with Crippen molar-refractivity contribution in [3.63, 3.8) is 0 Å². The van der Waals surface area contributed by atoms with Crippen LogP contribution in [0.2, 0.25) is 0 Å². The van der Waals surface area contributed by atoms with Gasteiger partial charge in [0, 0.05) is 33.0 Å². The molecule has 4 atom stereocenters. The van der Waals surface area contributed by atoms with Gasteiger partial charge in [-0.15, -0.1) is 0 Å². The van der Waals surface area contributed by atoms with Crippen LogP contribution in [0.3, 0.4) is 0 Å². The first-order valence-electron chi connectivity index (χ1n) is 8.92. The molecule has 1 rings (SSSR count). The monoisotopic (exact) mass is 340 g/mol. The van der Waals surface area contributed by atoms with Crippen molar-refractivity contribution in [1.29, 1.82) is 0 Å². The lowest BCUT2D eigenvalue weighted by Gasteiger charge is -2.32. The fraction of sp³-hybridized carbons (Fsp3) is 0.833. The Labute approximate surface area is 145 Å². The molecule has 2 amide bonds. The first-order chi connectivity index (χ1) is 11.2. The third-order valence-electron chi connectivity index (χ3n) is 5.37. The molecule has 2 N–H and O–H groups in total.